The Kier molecular flexibility index (Phi) is 5.28. The summed E-state index contributed by atoms with van der Waals surface area (Å²) in [6.45, 7) is 0.655. The molecule has 0 bridgehead atoms. The average molecular weight is 395 g/mol. The molecular weight excluding hydrogens is 374 g/mol. The van der Waals surface area contributed by atoms with E-state index >= 15 is 0 Å². The molecule has 0 spiro atoms. The Labute approximate surface area is 166 Å². The zero-order valence-electron chi connectivity index (χ0n) is 15.7. The lowest BCUT2D eigenvalue weighted by molar-refractivity contribution is -0.379. The van der Waals surface area contributed by atoms with Crippen molar-refractivity contribution < 1.29 is 14.5 Å². The number of piperidine rings is 1. The van der Waals surface area contributed by atoms with Gasteiger partial charge in [-0.2, -0.15) is 5.10 Å². The van der Waals surface area contributed by atoms with E-state index in [1.54, 1.807) is 12.1 Å². The topological polar surface area (TPSA) is 121 Å². The number of aromatic nitrogens is 3. The molecule has 9 nitrogen and oxygen atoms in total. The fourth-order valence-corrected chi connectivity index (χ4v) is 3.52. The first-order valence-electron chi connectivity index (χ1n) is 9.46. The van der Waals surface area contributed by atoms with Gasteiger partial charge in [0.15, 0.2) is 12.4 Å². The summed E-state index contributed by atoms with van der Waals surface area (Å²) < 4.78 is 6.13. The Hall–Kier alpha value is -3.62. The van der Waals surface area contributed by atoms with Gasteiger partial charge < -0.3 is 9.52 Å². The molecule has 0 aromatic carbocycles. The van der Waals surface area contributed by atoms with Crippen molar-refractivity contribution in [3.8, 4) is 5.88 Å². The molecule has 0 saturated carbocycles. The van der Waals surface area contributed by atoms with Gasteiger partial charge in [0, 0.05) is 18.2 Å². The third-order valence-electron chi connectivity index (χ3n) is 5.01. The second-order valence-electron chi connectivity index (χ2n) is 6.90. The number of hydrogen-bond acceptors (Lipinski definition) is 6. The van der Waals surface area contributed by atoms with Gasteiger partial charge in [-0.3, -0.25) is 19.4 Å². The molecule has 1 aliphatic rings. The molecule has 1 fully saturated rings. The van der Waals surface area contributed by atoms with E-state index in [9.17, 15) is 14.7 Å². The minimum Gasteiger partial charge on any atom is -0.859 e. The molecule has 1 aliphatic heterocycles. The van der Waals surface area contributed by atoms with E-state index in [4.69, 9.17) is 4.42 Å². The number of rotatable bonds is 5. The van der Waals surface area contributed by atoms with Crippen LogP contribution in [0.25, 0.3) is 0 Å². The molecule has 0 aliphatic carbocycles. The van der Waals surface area contributed by atoms with Crippen molar-refractivity contribution in [2.45, 2.75) is 31.8 Å². The zero-order chi connectivity index (χ0) is 20.2. The Morgan fingerprint density at radius 1 is 1.31 bits per heavy atom. The van der Waals surface area contributed by atoms with Gasteiger partial charge in [-0.1, -0.05) is 0 Å². The van der Waals surface area contributed by atoms with Crippen LogP contribution in [0.2, 0.25) is 0 Å². The number of furan rings is 1. The smallest absolute Gasteiger partial charge is 0.328 e. The maximum absolute atomic E-state index is 12.7. The van der Waals surface area contributed by atoms with E-state index in [0.29, 0.717) is 12.3 Å². The van der Waals surface area contributed by atoms with Crippen molar-refractivity contribution in [1.29, 1.82) is 0 Å². The first-order chi connectivity index (χ1) is 14.1. The minimum atomic E-state index is -0.774. The number of hydrazone groups is 1. The molecule has 0 radical (unpaired) electrons. The van der Waals surface area contributed by atoms with Crippen LogP contribution >= 0.6 is 0 Å². The van der Waals surface area contributed by atoms with E-state index in [-0.39, 0.29) is 18.2 Å². The van der Waals surface area contributed by atoms with Crippen LogP contribution < -0.4 is 21.3 Å². The SMILES string of the molecule is O=c1[nH]c(=O)n(Cc2ccco2)c([O-])c1/C=N/N1CCCCC1c1ccc[nH+]c1. The van der Waals surface area contributed by atoms with Crippen molar-refractivity contribution in [3.63, 3.8) is 0 Å². The molecule has 2 N–H and O–H groups in total. The molecule has 3 aromatic heterocycles. The first-order valence-corrected chi connectivity index (χ1v) is 9.46. The highest BCUT2D eigenvalue weighted by Gasteiger charge is 2.24. The minimum absolute atomic E-state index is 0.0562. The summed E-state index contributed by atoms with van der Waals surface area (Å²) >= 11 is 0. The van der Waals surface area contributed by atoms with E-state index < -0.39 is 17.1 Å². The largest absolute Gasteiger partial charge is 0.859 e. The molecule has 29 heavy (non-hydrogen) atoms. The Morgan fingerprint density at radius 3 is 2.97 bits per heavy atom. The number of H-pyrrole nitrogens is 2. The summed E-state index contributed by atoms with van der Waals surface area (Å²) in [5.41, 5.74) is -0.617. The van der Waals surface area contributed by atoms with Crippen molar-refractivity contribution >= 4 is 6.21 Å². The van der Waals surface area contributed by atoms with Crippen molar-refractivity contribution in [2.24, 2.45) is 5.10 Å². The standard InChI is InChI=1S/C20H21N5O4/c26-18-16(19(27)24(20(28)23-18)13-15-6-4-10-29-15)12-22-25-9-2-1-7-17(25)14-5-3-8-21-11-14/h3-6,8,10-12,17,27H,1-2,7,9,13H2,(H,23,26,28)/b22-12+. The summed E-state index contributed by atoms with van der Waals surface area (Å²) in [6, 6.07) is 7.32. The van der Waals surface area contributed by atoms with Gasteiger partial charge in [-0.05, 0) is 43.3 Å². The van der Waals surface area contributed by atoms with Crippen LogP contribution in [-0.2, 0) is 6.54 Å². The molecule has 0 amide bonds. The number of aromatic amines is 2. The maximum Gasteiger partial charge on any atom is 0.328 e. The van der Waals surface area contributed by atoms with Gasteiger partial charge >= 0.3 is 5.69 Å². The quantitative estimate of drug-likeness (QED) is 0.635. The van der Waals surface area contributed by atoms with Gasteiger partial charge in [-0.15, -0.1) is 0 Å². The number of nitrogens with zero attached hydrogens (tertiary/aromatic N) is 3. The molecule has 1 unspecified atom stereocenters. The number of nitrogens with one attached hydrogen (secondary N) is 2. The Morgan fingerprint density at radius 2 is 2.21 bits per heavy atom. The summed E-state index contributed by atoms with van der Waals surface area (Å²) in [5, 5.41) is 19.1. The van der Waals surface area contributed by atoms with E-state index in [2.05, 4.69) is 15.1 Å². The highest BCUT2D eigenvalue weighted by molar-refractivity contribution is 5.81. The maximum atomic E-state index is 12.7. The van der Waals surface area contributed by atoms with Crippen molar-refractivity contribution in [3.05, 3.63) is 80.6 Å². The van der Waals surface area contributed by atoms with Crippen LogP contribution in [0.1, 0.15) is 42.2 Å². The molecule has 150 valence electrons. The van der Waals surface area contributed by atoms with Crippen LogP contribution in [0.3, 0.4) is 0 Å². The molecule has 4 rings (SSSR count). The molecule has 4 heterocycles. The van der Waals surface area contributed by atoms with Crippen LogP contribution in [0.15, 0.2) is 62.0 Å². The lowest BCUT2D eigenvalue weighted by Gasteiger charge is -2.33. The normalized spacial score (nSPS) is 17.1. The van der Waals surface area contributed by atoms with Gasteiger partial charge in [0.2, 0.25) is 0 Å². The van der Waals surface area contributed by atoms with Gasteiger partial charge in [0.05, 0.1) is 30.6 Å². The number of pyridine rings is 1. The summed E-state index contributed by atoms with van der Waals surface area (Å²) in [5.74, 6) is -0.254. The second-order valence-corrected chi connectivity index (χ2v) is 6.90. The monoisotopic (exact) mass is 395 g/mol. The van der Waals surface area contributed by atoms with E-state index in [0.717, 1.165) is 29.4 Å². The fraction of sp³-hybridized carbons (Fsp3) is 0.300. The van der Waals surface area contributed by atoms with Gasteiger partial charge in [-0.25, -0.2) is 9.78 Å². The number of hydrogen-bond donors (Lipinski definition) is 1. The molecule has 9 heteroatoms. The third-order valence-corrected chi connectivity index (χ3v) is 5.01. The lowest BCUT2D eigenvalue weighted by Crippen LogP contribution is -2.35. The molecular formula is C20H21N5O4. The molecule has 1 atom stereocenters. The third kappa shape index (κ3) is 3.98. The van der Waals surface area contributed by atoms with Crippen molar-refractivity contribution in [1.82, 2.24) is 14.6 Å². The predicted molar refractivity (Wildman–Crippen MR) is 102 cm³/mol. The Bertz CT molecular complexity index is 1100. The van der Waals surface area contributed by atoms with Gasteiger partial charge in [0.1, 0.15) is 5.76 Å². The predicted octanol–water partition coefficient (Wildman–Crippen LogP) is 0.627. The average Bonchev–Trinajstić information content (AvgIpc) is 3.25. The molecule has 1 saturated heterocycles. The van der Waals surface area contributed by atoms with Crippen LogP contribution in [0.5, 0.6) is 5.88 Å². The highest BCUT2D eigenvalue weighted by Crippen LogP contribution is 2.30. The summed E-state index contributed by atoms with van der Waals surface area (Å²) in [6.07, 6.45) is 9.45. The van der Waals surface area contributed by atoms with Crippen LogP contribution in [0.4, 0.5) is 0 Å². The zero-order valence-corrected chi connectivity index (χ0v) is 15.7. The Balaban J connectivity index is 1.65. The highest BCUT2D eigenvalue weighted by atomic mass is 16.3. The van der Waals surface area contributed by atoms with E-state index in [1.165, 1.54) is 12.5 Å². The summed E-state index contributed by atoms with van der Waals surface area (Å²) in [4.78, 5) is 29.6. The molecule has 3 aromatic rings. The second kappa shape index (κ2) is 8.17. The summed E-state index contributed by atoms with van der Waals surface area (Å²) in [7, 11) is 0. The lowest BCUT2D eigenvalue weighted by atomic mass is 9.98. The first kappa shape index (κ1) is 18.7. The van der Waals surface area contributed by atoms with Crippen molar-refractivity contribution in [2.75, 3.05) is 6.54 Å². The van der Waals surface area contributed by atoms with Gasteiger partial charge in [0.25, 0.3) is 5.56 Å². The van der Waals surface area contributed by atoms with Crippen LogP contribution in [0, 0.1) is 0 Å². The fourth-order valence-electron chi connectivity index (χ4n) is 3.52. The van der Waals surface area contributed by atoms with Crippen LogP contribution in [-0.4, -0.2) is 27.3 Å². The van der Waals surface area contributed by atoms with E-state index in [1.807, 2.05) is 29.5 Å².